The van der Waals surface area contributed by atoms with Gasteiger partial charge in [0.05, 0.1) is 5.58 Å². The number of aromatic nitrogens is 2. The average molecular weight is 661 g/mol. The topological polar surface area (TPSA) is 38.9 Å². The Morgan fingerprint density at radius 3 is 2.35 bits per heavy atom. The molecule has 0 saturated heterocycles. The number of hydrogen-bond acceptors (Lipinski definition) is 3. The molecule has 3 nitrogen and oxygen atoms in total. The van der Waals surface area contributed by atoms with Gasteiger partial charge in [0.25, 0.3) is 0 Å². The van der Waals surface area contributed by atoms with Crippen LogP contribution in [0, 0.1) is 26.0 Å². The van der Waals surface area contributed by atoms with Crippen LogP contribution in [0.3, 0.4) is 0 Å². The first kappa shape index (κ1) is 26.5. The van der Waals surface area contributed by atoms with E-state index in [-0.39, 0.29) is 20.1 Å². The molecule has 0 aliphatic rings. The summed E-state index contributed by atoms with van der Waals surface area (Å²) in [6.07, 6.45) is 3.69. The van der Waals surface area contributed by atoms with E-state index in [1.807, 2.05) is 55.6 Å². The van der Waals surface area contributed by atoms with Crippen molar-refractivity contribution in [3.8, 4) is 22.5 Å². The van der Waals surface area contributed by atoms with Crippen molar-refractivity contribution >= 4 is 21.9 Å². The van der Waals surface area contributed by atoms with Crippen LogP contribution in [0.5, 0.6) is 0 Å². The van der Waals surface area contributed by atoms with Crippen LogP contribution in [-0.2, 0) is 20.1 Å². The molecule has 1 radical (unpaired) electrons. The van der Waals surface area contributed by atoms with E-state index in [1.54, 1.807) is 6.20 Å². The van der Waals surface area contributed by atoms with Gasteiger partial charge in [-0.3, -0.25) is 0 Å². The first-order chi connectivity index (χ1) is 17.5. The molecule has 3 heterocycles. The van der Waals surface area contributed by atoms with Gasteiger partial charge in [-0.15, -0.1) is 53.6 Å². The number of nitrogens with zero attached hydrogens (tertiary/aromatic N) is 2. The van der Waals surface area contributed by atoms with Gasteiger partial charge >= 0.3 is 0 Å². The molecule has 0 atom stereocenters. The molecule has 0 N–H and O–H groups in total. The summed E-state index contributed by atoms with van der Waals surface area (Å²) in [5, 5.41) is 2.24. The average Bonchev–Trinajstić information content (AvgIpc) is 3.29. The number of fused-ring (bicyclic) bond motifs is 3. The van der Waals surface area contributed by atoms with Crippen molar-refractivity contribution in [1.82, 2.24) is 9.97 Å². The standard InChI is InChI=1S/C18H12NO.C15H16N.Ir/c1-12-6-5-11-19-17(12)15-9-4-8-14-13-7-2-3-10-16(13)20-18(14)15;1-11(2)13-5-7-14(8-6-13)15-9-4-12(3)10-16-15;/h2-8,10-11H,1H3;4-7,9-11H,1-3H3;/q2*-1;. The molecule has 3 aromatic carbocycles. The summed E-state index contributed by atoms with van der Waals surface area (Å²) < 4.78 is 6.02. The number of pyridine rings is 2. The fourth-order valence-corrected chi connectivity index (χ4v) is 4.20. The number of aryl methyl sites for hydroxylation is 2. The molecule has 0 fully saturated rings. The predicted octanol–water partition coefficient (Wildman–Crippen LogP) is 8.73. The van der Waals surface area contributed by atoms with Crippen LogP contribution >= 0.6 is 0 Å². The second-order valence-corrected chi connectivity index (χ2v) is 9.27. The Hall–Kier alpha value is -3.59. The molecule has 0 amide bonds. The van der Waals surface area contributed by atoms with Gasteiger partial charge in [0.1, 0.15) is 5.58 Å². The summed E-state index contributed by atoms with van der Waals surface area (Å²) in [4.78, 5) is 8.87. The molecule has 6 rings (SSSR count). The molecular formula is C33H28IrN2O-2. The molecule has 0 aliphatic carbocycles. The largest absolute Gasteiger partial charge is 0.501 e. The van der Waals surface area contributed by atoms with E-state index in [4.69, 9.17) is 4.42 Å². The molecule has 4 heteroatoms. The molecular weight excluding hydrogens is 633 g/mol. The molecule has 3 aromatic heterocycles. The van der Waals surface area contributed by atoms with Crippen LogP contribution in [0.2, 0.25) is 0 Å². The zero-order valence-electron chi connectivity index (χ0n) is 21.4. The molecule has 187 valence electrons. The zero-order chi connectivity index (χ0) is 25.1. The summed E-state index contributed by atoms with van der Waals surface area (Å²) in [6.45, 7) is 8.47. The van der Waals surface area contributed by atoms with Crippen molar-refractivity contribution in [1.29, 1.82) is 0 Å². The number of benzene rings is 3. The van der Waals surface area contributed by atoms with Crippen molar-refractivity contribution < 1.29 is 24.5 Å². The third-order valence-electron chi connectivity index (χ3n) is 6.28. The monoisotopic (exact) mass is 661 g/mol. The fraction of sp³-hybridized carbons (Fsp3) is 0.152. The minimum atomic E-state index is 0. The number of para-hydroxylation sites is 1. The van der Waals surface area contributed by atoms with Crippen LogP contribution in [-0.4, -0.2) is 9.97 Å². The summed E-state index contributed by atoms with van der Waals surface area (Å²) in [5.41, 5.74) is 9.28. The Morgan fingerprint density at radius 2 is 1.65 bits per heavy atom. The normalized spacial score (nSPS) is 10.7. The summed E-state index contributed by atoms with van der Waals surface area (Å²) in [7, 11) is 0. The molecule has 0 saturated carbocycles. The van der Waals surface area contributed by atoms with Crippen LogP contribution in [0.15, 0.2) is 95.7 Å². The first-order valence-corrected chi connectivity index (χ1v) is 12.2. The number of hydrogen-bond donors (Lipinski definition) is 0. The van der Waals surface area contributed by atoms with Gasteiger partial charge in [-0.05, 0) is 42.9 Å². The van der Waals surface area contributed by atoms with Gasteiger partial charge < -0.3 is 14.4 Å². The Bertz CT molecular complexity index is 1620. The predicted molar refractivity (Wildman–Crippen MR) is 148 cm³/mol. The van der Waals surface area contributed by atoms with Gasteiger partial charge in [-0.2, -0.15) is 0 Å². The number of rotatable bonds is 3. The maximum Gasteiger partial charge on any atom is 0.120 e. The van der Waals surface area contributed by atoms with Crippen molar-refractivity contribution in [2.45, 2.75) is 33.6 Å². The van der Waals surface area contributed by atoms with Gasteiger partial charge in [0.2, 0.25) is 0 Å². The minimum absolute atomic E-state index is 0. The van der Waals surface area contributed by atoms with E-state index in [0.29, 0.717) is 5.92 Å². The maximum atomic E-state index is 6.02. The Balaban J connectivity index is 0.000000173. The van der Waals surface area contributed by atoms with Gasteiger partial charge in [-0.25, -0.2) is 0 Å². The van der Waals surface area contributed by atoms with Crippen LogP contribution in [0.4, 0.5) is 0 Å². The van der Waals surface area contributed by atoms with Crippen molar-refractivity contribution in [2.24, 2.45) is 0 Å². The van der Waals surface area contributed by atoms with E-state index < -0.39 is 0 Å². The second-order valence-electron chi connectivity index (χ2n) is 9.27. The molecule has 6 aromatic rings. The van der Waals surface area contributed by atoms with Crippen molar-refractivity contribution in [3.05, 3.63) is 120 Å². The van der Waals surface area contributed by atoms with Crippen LogP contribution < -0.4 is 0 Å². The van der Waals surface area contributed by atoms with Crippen molar-refractivity contribution in [2.75, 3.05) is 0 Å². The smallest absolute Gasteiger partial charge is 0.120 e. The summed E-state index contributed by atoms with van der Waals surface area (Å²) in [6, 6.07) is 33.0. The van der Waals surface area contributed by atoms with Gasteiger partial charge in [0.15, 0.2) is 0 Å². The van der Waals surface area contributed by atoms with Crippen molar-refractivity contribution in [3.63, 3.8) is 0 Å². The Morgan fingerprint density at radius 1 is 0.811 bits per heavy atom. The van der Waals surface area contributed by atoms with Gasteiger partial charge in [0, 0.05) is 37.9 Å². The molecule has 0 unspecified atom stereocenters. The zero-order valence-corrected chi connectivity index (χ0v) is 23.8. The van der Waals surface area contributed by atoms with Gasteiger partial charge in [-0.1, -0.05) is 72.7 Å². The van der Waals surface area contributed by atoms with E-state index in [2.05, 4.69) is 79.3 Å². The summed E-state index contributed by atoms with van der Waals surface area (Å²) >= 11 is 0. The molecule has 0 spiro atoms. The number of furan rings is 1. The quantitative estimate of drug-likeness (QED) is 0.178. The van der Waals surface area contributed by atoms with E-state index in [0.717, 1.165) is 50.0 Å². The third kappa shape index (κ3) is 5.72. The minimum Gasteiger partial charge on any atom is -0.501 e. The van der Waals surface area contributed by atoms with E-state index in [9.17, 15) is 0 Å². The summed E-state index contributed by atoms with van der Waals surface area (Å²) in [5.74, 6) is 0.552. The van der Waals surface area contributed by atoms with Crippen LogP contribution in [0.1, 0.15) is 36.5 Å². The first-order valence-electron chi connectivity index (χ1n) is 12.2. The Labute approximate surface area is 232 Å². The molecule has 37 heavy (non-hydrogen) atoms. The maximum absolute atomic E-state index is 6.02. The third-order valence-corrected chi connectivity index (χ3v) is 6.28. The van der Waals surface area contributed by atoms with E-state index in [1.165, 1.54) is 11.1 Å². The molecule has 0 bridgehead atoms. The van der Waals surface area contributed by atoms with Crippen LogP contribution in [0.25, 0.3) is 44.5 Å². The second kappa shape index (κ2) is 11.6. The van der Waals surface area contributed by atoms with E-state index >= 15 is 0 Å². The fourth-order valence-electron chi connectivity index (χ4n) is 4.20. The SMILES string of the molecule is Cc1ccc(-c2[c-]cc(C(C)C)cc2)nc1.Cc1cccnc1-c1[c-]ccc2c1oc1ccccc12.[Ir]. The Kier molecular flexibility index (Phi) is 8.33. The molecule has 0 aliphatic heterocycles.